The second-order valence-corrected chi connectivity index (χ2v) is 4.89. The van der Waals surface area contributed by atoms with E-state index >= 15 is 0 Å². The van der Waals surface area contributed by atoms with E-state index < -0.39 is 5.97 Å². The summed E-state index contributed by atoms with van der Waals surface area (Å²) in [6.45, 7) is 2.00. The number of likely N-dealkylation sites (N-methyl/N-ethyl adjacent to an activating group) is 1. The number of thiazole rings is 1. The first kappa shape index (κ1) is 13.5. The maximum atomic E-state index is 12.2. The molecule has 0 fully saturated rings. The SMILES string of the molecule is CCOC(=O)CN(C)C(=O)c1ccc2ncsc2c1. The van der Waals surface area contributed by atoms with E-state index in [1.807, 2.05) is 0 Å². The summed E-state index contributed by atoms with van der Waals surface area (Å²) >= 11 is 1.48. The monoisotopic (exact) mass is 278 g/mol. The number of fused-ring (bicyclic) bond motifs is 1. The molecule has 0 atom stereocenters. The maximum absolute atomic E-state index is 12.2. The molecule has 1 heterocycles. The first-order valence-electron chi connectivity index (χ1n) is 5.86. The highest BCUT2D eigenvalue weighted by Crippen LogP contribution is 2.19. The predicted octanol–water partition coefficient (Wildman–Crippen LogP) is 1.93. The Morgan fingerprint density at radius 2 is 2.21 bits per heavy atom. The standard InChI is InChI=1S/C13H14N2O3S/c1-3-18-12(16)7-15(2)13(17)9-4-5-10-11(6-9)19-8-14-10/h4-6,8H,3,7H2,1-2H3. The van der Waals surface area contributed by atoms with Gasteiger partial charge in [0, 0.05) is 12.6 Å². The van der Waals surface area contributed by atoms with Crippen LogP contribution < -0.4 is 0 Å². The van der Waals surface area contributed by atoms with Gasteiger partial charge in [-0.25, -0.2) is 4.98 Å². The van der Waals surface area contributed by atoms with E-state index in [9.17, 15) is 9.59 Å². The fourth-order valence-corrected chi connectivity index (χ4v) is 2.40. The molecule has 0 N–H and O–H groups in total. The van der Waals surface area contributed by atoms with Crippen molar-refractivity contribution in [3.05, 3.63) is 29.3 Å². The van der Waals surface area contributed by atoms with Gasteiger partial charge in [-0.3, -0.25) is 9.59 Å². The zero-order valence-corrected chi connectivity index (χ0v) is 11.6. The van der Waals surface area contributed by atoms with E-state index in [0.29, 0.717) is 12.2 Å². The first-order valence-corrected chi connectivity index (χ1v) is 6.74. The fraction of sp³-hybridized carbons (Fsp3) is 0.308. The van der Waals surface area contributed by atoms with Crippen LogP contribution in [0.1, 0.15) is 17.3 Å². The topological polar surface area (TPSA) is 59.5 Å². The van der Waals surface area contributed by atoms with Crippen molar-refractivity contribution in [2.45, 2.75) is 6.92 Å². The van der Waals surface area contributed by atoms with Crippen LogP contribution in [0.4, 0.5) is 0 Å². The minimum Gasteiger partial charge on any atom is -0.465 e. The lowest BCUT2D eigenvalue weighted by molar-refractivity contribution is -0.143. The largest absolute Gasteiger partial charge is 0.465 e. The Morgan fingerprint density at radius 3 is 2.95 bits per heavy atom. The predicted molar refractivity (Wildman–Crippen MR) is 73.2 cm³/mol. The number of rotatable bonds is 4. The number of carbonyl (C=O) groups is 2. The zero-order valence-electron chi connectivity index (χ0n) is 10.8. The van der Waals surface area contributed by atoms with Crippen LogP contribution in [0, 0.1) is 0 Å². The van der Waals surface area contributed by atoms with E-state index in [1.165, 1.54) is 16.2 Å². The zero-order chi connectivity index (χ0) is 13.8. The highest BCUT2D eigenvalue weighted by atomic mass is 32.1. The number of nitrogens with zero attached hydrogens (tertiary/aromatic N) is 2. The molecule has 0 bridgehead atoms. The number of hydrogen-bond donors (Lipinski definition) is 0. The summed E-state index contributed by atoms with van der Waals surface area (Å²) in [6.07, 6.45) is 0. The molecule has 0 saturated heterocycles. The molecule has 2 aromatic rings. The maximum Gasteiger partial charge on any atom is 0.325 e. The lowest BCUT2D eigenvalue weighted by Gasteiger charge is -2.16. The Labute approximate surface area is 114 Å². The molecule has 5 nitrogen and oxygen atoms in total. The van der Waals surface area contributed by atoms with Crippen molar-refractivity contribution in [2.24, 2.45) is 0 Å². The molecule has 1 amide bonds. The third-order valence-corrected chi connectivity index (χ3v) is 3.39. The van der Waals surface area contributed by atoms with Crippen molar-refractivity contribution in [1.29, 1.82) is 0 Å². The van der Waals surface area contributed by atoms with E-state index in [1.54, 1.807) is 37.7 Å². The number of amides is 1. The van der Waals surface area contributed by atoms with Gasteiger partial charge in [-0.15, -0.1) is 11.3 Å². The van der Waals surface area contributed by atoms with Crippen molar-refractivity contribution in [2.75, 3.05) is 20.2 Å². The Hall–Kier alpha value is -1.95. The molecule has 6 heteroatoms. The summed E-state index contributed by atoms with van der Waals surface area (Å²) in [6, 6.07) is 5.31. The average molecular weight is 278 g/mol. The van der Waals surface area contributed by atoms with E-state index in [0.717, 1.165) is 10.2 Å². The molecule has 2 rings (SSSR count). The number of carbonyl (C=O) groups excluding carboxylic acids is 2. The Kier molecular flexibility index (Phi) is 4.11. The Balaban J connectivity index is 2.11. The lowest BCUT2D eigenvalue weighted by atomic mass is 10.2. The summed E-state index contributed by atoms with van der Waals surface area (Å²) in [7, 11) is 1.58. The minimum absolute atomic E-state index is 0.0482. The quantitative estimate of drug-likeness (QED) is 0.802. The van der Waals surface area contributed by atoms with Crippen LogP contribution in [-0.4, -0.2) is 42.0 Å². The van der Waals surface area contributed by atoms with Crippen molar-refractivity contribution in [3.63, 3.8) is 0 Å². The van der Waals surface area contributed by atoms with Crippen LogP contribution >= 0.6 is 11.3 Å². The highest BCUT2D eigenvalue weighted by Gasteiger charge is 2.16. The van der Waals surface area contributed by atoms with Crippen molar-refractivity contribution in [3.8, 4) is 0 Å². The molecule has 0 aliphatic carbocycles. The minimum atomic E-state index is -0.405. The van der Waals surface area contributed by atoms with Crippen LogP contribution in [0.2, 0.25) is 0 Å². The average Bonchev–Trinajstić information content (AvgIpc) is 2.85. The van der Waals surface area contributed by atoms with Gasteiger partial charge in [-0.1, -0.05) is 0 Å². The second kappa shape index (κ2) is 5.79. The van der Waals surface area contributed by atoms with Crippen LogP contribution in [0.15, 0.2) is 23.7 Å². The molecule has 0 radical (unpaired) electrons. The number of ether oxygens (including phenoxy) is 1. The van der Waals surface area contributed by atoms with Crippen molar-refractivity contribution in [1.82, 2.24) is 9.88 Å². The van der Waals surface area contributed by atoms with Crippen LogP contribution in [0.5, 0.6) is 0 Å². The summed E-state index contributed by atoms with van der Waals surface area (Å²) in [4.78, 5) is 29.0. The smallest absolute Gasteiger partial charge is 0.325 e. The molecule has 1 aromatic heterocycles. The van der Waals surface area contributed by atoms with Gasteiger partial charge in [-0.05, 0) is 25.1 Å². The van der Waals surface area contributed by atoms with E-state index in [-0.39, 0.29) is 12.5 Å². The van der Waals surface area contributed by atoms with Gasteiger partial charge < -0.3 is 9.64 Å². The first-order chi connectivity index (χ1) is 9.11. The number of benzene rings is 1. The van der Waals surface area contributed by atoms with Gasteiger partial charge in [0.15, 0.2) is 0 Å². The van der Waals surface area contributed by atoms with Gasteiger partial charge in [0.25, 0.3) is 5.91 Å². The van der Waals surface area contributed by atoms with Crippen LogP contribution in [0.25, 0.3) is 10.2 Å². The number of hydrogen-bond acceptors (Lipinski definition) is 5. The number of aromatic nitrogens is 1. The molecule has 1 aromatic carbocycles. The van der Waals surface area contributed by atoms with Gasteiger partial charge in [-0.2, -0.15) is 0 Å². The van der Waals surface area contributed by atoms with Crippen LogP contribution in [0.3, 0.4) is 0 Å². The summed E-state index contributed by atoms with van der Waals surface area (Å²) in [5.74, 6) is -0.611. The summed E-state index contributed by atoms with van der Waals surface area (Å²) in [5, 5.41) is 0. The molecule has 0 unspecified atom stereocenters. The lowest BCUT2D eigenvalue weighted by Crippen LogP contribution is -2.33. The normalized spacial score (nSPS) is 10.4. The third-order valence-electron chi connectivity index (χ3n) is 2.60. The Morgan fingerprint density at radius 1 is 1.42 bits per heavy atom. The van der Waals surface area contributed by atoms with Crippen LogP contribution in [-0.2, 0) is 9.53 Å². The third kappa shape index (κ3) is 3.08. The van der Waals surface area contributed by atoms with Crippen molar-refractivity contribution >= 4 is 33.4 Å². The highest BCUT2D eigenvalue weighted by molar-refractivity contribution is 7.16. The molecule has 0 aliphatic heterocycles. The van der Waals surface area contributed by atoms with Crippen molar-refractivity contribution < 1.29 is 14.3 Å². The van der Waals surface area contributed by atoms with Gasteiger partial charge in [0.1, 0.15) is 6.54 Å². The second-order valence-electron chi connectivity index (χ2n) is 4.00. The summed E-state index contributed by atoms with van der Waals surface area (Å²) in [5.41, 5.74) is 3.15. The summed E-state index contributed by atoms with van der Waals surface area (Å²) < 4.78 is 5.77. The molecule has 0 aliphatic rings. The van der Waals surface area contributed by atoms with Gasteiger partial charge in [0.05, 0.1) is 22.3 Å². The van der Waals surface area contributed by atoms with E-state index in [4.69, 9.17) is 4.74 Å². The fourth-order valence-electron chi connectivity index (χ4n) is 1.68. The molecule has 0 spiro atoms. The van der Waals surface area contributed by atoms with Gasteiger partial charge >= 0.3 is 5.97 Å². The molecular formula is C13H14N2O3S. The Bertz CT molecular complexity index is 609. The molecule has 19 heavy (non-hydrogen) atoms. The molecule has 0 saturated carbocycles. The van der Waals surface area contributed by atoms with Gasteiger partial charge in [0.2, 0.25) is 0 Å². The van der Waals surface area contributed by atoms with E-state index in [2.05, 4.69) is 4.98 Å². The number of esters is 1. The molecular weight excluding hydrogens is 264 g/mol. The molecule has 100 valence electrons.